The molecule has 4 aromatic rings. The van der Waals surface area contributed by atoms with Crippen LogP contribution in [0.5, 0.6) is 0 Å². The van der Waals surface area contributed by atoms with Crippen LogP contribution in [0.1, 0.15) is 5.56 Å². The SMILES string of the molecule is c1cnnc(-c2cccnc2NCc2cccc3scnc23)c1. The number of aromatic nitrogens is 4. The molecule has 0 bridgehead atoms. The lowest BCUT2D eigenvalue weighted by Gasteiger charge is -2.10. The Kier molecular flexibility index (Phi) is 3.65. The van der Waals surface area contributed by atoms with Gasteiger partial charge in [0.1, 0.15) is 5.82 Å². The predicted molar refractivity (Wildman–Crippen MR) is 92.2 cm³/mol. The Labute approximate surface area is 137 Å². The summed E-state index contributed by atoms with van der Waals surface area (Å²) in [7, 11) is 0. The molecule has 0 aliphatic carbocycles. The van der Waals surface area contributed by atoms with Crippen molar-refractivity contribution in [1.82, 2.24) is 20.2 Å². The molecule has 0 amide bonds. The minimum absolute atomic E-state index is 0.658. The smallest absolute Gasteiger partial charge is 0.135 e. The van der Waals surface area contributed by atoms with Crippen molar-refractivity contribution in [2.75, 3.05) is 5.32 Å². The number of nitrogens with one attached hydrogen (secondary N) is 1. The number of rotatable bonds is 4. The molecule has 0 unspecified atom stereocenters. The van der Waals surface area contributed by atoms with Crippen molar-refractivity contribution in [2.24, 2.45) is 0 Å². The molecule has 0 spiro atoms. The first-order valence-electron chi connectivity index (χ1n) is 7.20. The van der Waals surface area contributed by atoms with Crippen LogP contribution in [0, 0.1) is 0 Å². The lowest BCUT2D eigenvalue weighted by atomic mass is 10.1. The summed E-state index contributed by atoms with van der Waals surface area (Å²) in [4.78, 5) is 8.89. The predicted octanol–water partition coefficient (Wildman–Crippen LogP) is 3.76. The summed E-state index contributed by atoms with van der Waals surface area (Å²) in [5, 5.41) is 11.5. The van der Waals surface area contributed by atoms with Gasteiger partial charge >= 0.3 is 0 Å². The Morgan fingerprint density at radius 3 is 2.83 bits per heavy atom. The number of para-hydroxylation sites is 1. The van der Waals surface area contributed by atoms with Gasteiger partial charge in [0.25, 0.3) is 0 Å². The van der Waals surface area contributed by atoms with Crippen LogP contribution in [0.2, 0.25) is 0 Å². The maximum atomic E-state index is 4.45. The molecule has 5 nitrogen and oxygen atoms in total. The third kappa shape index (κ3) is 2.76. The average molecular weight is 319 g/mol. The van der Waals surface area contributed by atoms with Gasteiger partial charge in [-0.1, -0.05) is 12.1 Å². The number of hydrogen-bond donors (Lipinski definition) is 1. The highest BCUT2D eigenvalue weighted by atomic mass is 32.1. The molecule has 3 aromatic heterocycles. The largest absolute Gasteiger partial charge is 0.365 e. The first-order valence-corrected chi connectivity index (χ1v) is 8.08. The Bertz CT molecular complexity index is 936. The maximum Gasteiger partial charge on any atom is 0.135 e. The van der Waals surface area contributed by atoms with Gasteiger partial charge in [-0.25, -0.2) is 9.97 Å². The standard InChI is InChI=1S/C17H13N5S/c1-4-12(16-15(7-1)23-11-20-16)10-19-17-13(5-2-8-18-17)14-6-3-9-21-22-14/h1-9,11H,10H2,(H,18,19). The van der Waals surface area contributed by atoms with Crippen LogP contribution in [0.4, 0.5) is 5.82 Å². The van der Waals surface area contributed by atoms with Crippen molar-refractivity contribution in [3.8, 4) is 11.3 Å². The van der Waals surface area contributed by atoms with E-state index in [0.29, 0.717) is 6.54 Å². The van der Waals surface area contributed by atoms with Crippen LogP contribution in [-0.4, -0.2) is 20.2 Å². The second-order valence-corrected chi connectivity index (χ2v) is 5.86. The number of nitrogens with zero attached hydrogens (tertiary/aromatic N) is 4. The van der Waals surface area contributed by atoms with Gasteiger partial charge in [-0.15, -0.1) is 11.3 Å². The monoisotopic (exact) mass is 319 g/mol. The van der Waals surface area contributed by atoms with Crippen molar-refractivity contribution in [1.29, 1.82) is 0 Å². The van der Waals surface area contributed by atoms with Crippen LogP contribution >= 0.6 is 11.3 Å². The molecule has 0 fully saturated rings. The summed E-state index contributed by atoms with van der Waals surface area (Å²) >= 11 is 1.65. The Morgan fingerprint density at radius 2 is 1.91 bits per heavy atom. The molecule has 1 N–H and O–H groups in total. The van der Waals surface area contributed by atoms with Crippen LogP contribution in [0.3, 0.4) is 0 Å². The molecule has 0 atom stereocenters. The molecule has 23 heavy (non-hydrogen) atoms. The van der Waals surface area contributed by atoms with E-state index in [0.717, 1.165) is 28.2 Å². The van der Waals surface area contributed by atoms with Crippen molar-refractivity contribution in [3.63, 3.8) is 0 Å². The molecule has 0 radical (unpaired) electrons. The third-order valence-corrected chi connectivity index (χ3v) is 4.34. The molecule has 1 aromatic carbocycles. The highest BCUT2D eigenvalue weighted by molar-refractivity contribution is 7.16. The van der Waals surface area contributed by atoms with E-state index >= 15 is 0 Å². The zero-order chi connectivity index (χ0) is 15.5. The van der Waals surface area contributed by atoms with E-state index in [1.165, 1.54) is 4.70 Å². The molecule has 6 heteroatoms. The second kappa shape index (κ2) is 6.10. The van der Waals surface area contributed by atoms with E-state index < -0.39 is 0 Å². The van der Waals surface area contributed by atoms with E-state index in [1.54, 1.807) is 23.7 Å². The number of hydrogen-bond acceptors (Lipinski definition) is 6. The van der Waals surface area contributed by atoms with Gasteiger partial charge in [-0.2, -0.15) is 10.2 Å². The highest BCUT2D eigenvalue weighted by Crippen LogP contribution is 2.25. The summed E-state index contributed by atoms with van der Waals surface area (Å²) in [6.07, 6.45) is 3.43. The minimum Gasteiger partial charge on any atom is -0.365 e. The summed E-state index contributed by atoms with van der Waals surface area (Å²) in [6, 6.07) is 13.9. The van der Waals surface area contributed by atoms with Gasteiger partial charge in [-0.05, 0) is 35.9 Å². The second-order valence-electron chi connectivity index (χ2n) is 4.98. The van der Waals surface area contributed by atoms with Crippen LogP contribution in [-0.2, 0) is 6.54 Å². The zero-order valence-electron chi connectivity index (χ0n) is 12.2. The van der Waals surface area contributed by atoms with Crippen molar-refractivity contribution in [3.05, 3.63) is 65.9 Å². The van der Waals surface area contributed by atoms with Crippen LogP contribution in [0.25, 0.3) is 21.5 Å². The van der Waals surface area contributed by atoms with Crippen LogP contribution in [0.15, 0.2) is 60.4 Å². The average Bonchev–Trinajstić information content (AvgIpc) is 3.10. The molecule has 0 aliphatic heterocycles. The topological polar surface area (TPSA) is 63.6 Å². The lowest BCUT2D eigenvalue weighted by Crippen LogP contribution is -2.04. The summed E-state index contributed by atoms with van der Waals surface area (Å²) in [6.45, 7) is 0.658. The van der Waals surface area contributed by atoms with E-state index in [9.17, 15) is 0 Å². The number of anilines is 1. The highest BCUT2D eigenvalue weighted by Gasteiger charge is 2.09. The van der Waals surface area contributed by atoms with Gasteiger partial charge in [0, 0.05) is 24.5 Å². The summed E-state index contributed by atoms with van der Waals surface area (Å²) < 4.78 is 1.19. The van der Waals surface area contributed by atoms with E-state index in [1.807, 2.05) is 29.8 Å². The molecule has 0 saturated carbocycles. The number of benzene rings is 1. The molecule has 3 heterocycles. The Balaban J connectivity index is 1.64. The number of pyridine rings is 1. The molecule has 0 saturated heterocycles. The normalized spacial score (nSPS) is 10.8. The van der Waals surface area contributed by atoms with Gasteiger partial charge in [-0.3, -0.25) is 0 Å². The molecular weight excluding hydrogens is 306 g/mol. The van der Waals surface area contributed by atoms with E-state index in [-0.39, 0.29) is 0 Å². The van der Waals surface area contributed by atoms with Gasteiger partial charge < -0.3 is 5.32 Å². The molecule has 4 rings (SSSR count). The van der Waals surface area contributed by atoms with Gasteiger partial charge in [0.05, 0.1) is 21.4 Å². The quantitative estimate of drug-likeness (QED) is 0.620. The number of fused-ring (bicyclic) bond motifs is 1. The fourth-order valence-electron chi connectivity index (χ4n) is 2.46. The van der Waals surface area contributed by atoms with E-state index in [4.69, 9.17) is 0 Å². The Hall–Kier alpha value is -2.86. The third-order valence-electron chi connectivity index (χ3n) is 3.55. The molecular formula is C17H13N5S. The van der Waals surface area contributed by atoms with Crippen LogP contribution < -0.4 is 5.32 Å². The van der Waals surface area contributed by atoms with Crippen molar-refractivity contribution < 1.29 is 0 Å². The fourth-order valence-corrected chi connectivity index (χ4v) is 3.19. The fraction of sp³-hybridized carbons (Fsp3) is 0.0588. The summed E-state index contributed by atoms with van der Waals surface area (Å²) in [5.41, 5.74) is 5.81. The van der Waals surface area contributed by atoms with Gasteiger partial charge in [0.15, 0.2) is 0 Å². The molecule has 112 valence electrons. The summed E-state index contributed by atoms with van der Waals surface area (Å²) in [5.74, 6) is 0.792. The van der Waals surface area contributed by atoms with E-state index in [2.05, 4.69) is 43.7 Å². The first kappa shape index (κ1) is 13.8. The first-order chi connectivity index (χ1) is 11.4. The minimum atomic E-state index is 0.658. The van der Waals surface area contributed by atoms with Crippen molar-refractivity contribution in [2.45, 2.75) is 6.54 Å². The van der Waals surface area contributed by atoms with Crippen molar-refractivity contribution >= 4 is 27.4 Å². The number of thiazole rings is 1. The maximum absolute atomic E-state index is 4.45. The van der Waals surface area contributed by atoms with Gasteiger partial charge in [0.2, 0.25) is 0 Å². The molecule has 0 aliphatic rings. The Morgan fingerprint density at radius 1 is 0.957 bits per heavy atom. The lowest BCUT2D eigenvalue weighted by molar-refractivity contribution is 1.03. The zero-order valence-corrected chi connectivity index (χ0v) is 13.0.